The molecule has 1 aromatic carbocycles. The summed E-state index contributed by atoms with van der Waals surface area (Å²) in [4.78, 5) is 19.3. The van der Waals surface area contributed by atoms with Gasteiger partial charge < -0.3 is 0 Å². The number of anilines is 1. The largest absolute Gasteiger partial charge is 0.294 e. The van der Waals surface area contributed by atoms with Gasteiger partial charge in [-0.2, -0.15) is 0 Å². The number of benzene rings is 1. The number of nitrogens with zero attached hydrogens (tertiary/aromatic N) is 2. The third kappa shape index (κ3) is 3.49. The van der Waals surface area contributed by atoms with E-state index in [1.54, 1.807) is 12.1 Å². The van der Waals surface area contributed by atoms with Gasteiger partial charge in [0.25, 0.3) is 0 Å². The van der Waals surface area contributed by atoms with Crippen LogP contribution in [0.15, 0.2) is 36.5 Å². The van der Waals surface area contributed by atoms with E-state index in [2.05, 4.69) is 15.3 Å². The topological polar surface area (TPSA) is 54.9 Å². The second-order valence-electron chi connectivity index (χ2n) is 3.55. The summed E-state index contributed by atoms with van der Waals surface area (Å²) >= 11 is 5.66. The molecule has 0 fully saturated rings. The summed E-state index contributed by atoms with van der Waals surface area (Å²) in [5.41, 5.74) is 0.705. The molecule has 1 N–H and O–H groups in total. The number of carbonyl (C=O) groups excluding carboxylic acids is 1. The molecule has 0 saturated heterocycles. The van der Waals surface area contributed by atoms with Gasteiger partial charge in [-0.15, -0.1) is 0 Å². The van der Waals surface area contributed by atoms with E-state index in [1.807, 2.05) is 0 Å². The van der Waals surface area contributed by atoms with Crippen molar-refractivity contribution in [3.8, 4) is 0 Å². The Morgan fingerprint density at radius 3 is 2.67 bits per heavy atom. The van der Waals surface area contributed by atoms with Crippen LogP contribution in [0.4, 0.5) is 10.3 Å². The van der Waals surface area contributed by atoms with Crippen molar-refractivity contribution in [2.75, 3.05) is 5.32 Å². The van der Waals surface area contributed by atoms with Crippen molar-refractivity contribution in [1.29, 1.82) is 0 Å². The highest BCUT2D eigenvalue weighted by molar-refractivity contribution is 6.29. The Kier molecular flexibility index (Phi) is 3.84. The molecule has 1 aromatic heterocycles. The Balaban J connectivity index is 1.98. The predicted molar refractivity (Wildman–Crippen MR) is 65.8 cm³/mol. The summed E-state index contributed by atoms with van der Waals surface area (Å²) in [6, 6.07) is 7.22. The molecule has 4 nitrogen and oxygen atoms in total. The molecule has 2 aromatic rings. The van der Waals surface area contributed by atoms with E-state index in [0.717, 1.165) is 0 Å². The van der Waals surface area contributed by atoms with Crippen LogP contribution < -0.4 is 5.32 Å². The van der Waals surface area contributed by atoms with Gasteiger partial charge >= 0.3 is 0 Å². The zero-order chi connectivity index (χ0) is 13.0. The van der Waals surface area contributed by atoms with Crippen LogP contribution in [0.25, 0.3) is 0 Å². The Bertz CT molecular complexity index is 560. The minimum absolute atomic E-state index is 0.121. The molecule has 0 radical (unpaired) electrons. The third-order valence-electron chi connectivity index (χ3n) is 2.15. The second kappa shape index (κ2) is 5.55. The molecule has 0 saturated carbocycles. The van der Waals surface area contributed by atoms with Crippen molar-refractivity contribution in [1.82, 2.24) is 9.97 Å². The lowest BCUT2D eigenvalue weighted by Gasteiger charge is -2.03. The van der Waals surface area contributed by atoms with Gasteiger partial charge in [0, 0.05) is 6.20 Å². The number of amides is 1. The van der Waals surface area contributed by atoms with Crippen LogP contribution >= 0.6 is 11.6 Å². The monoisotopic (exact) mass is 265 g/mol. The van der Waals surface area contributed by atoms with E-state index in [0.29, 0.717) is 5.56 Å². The number of nitrogens with one attached hydrogen (secondary N) is 1. The minimum Gasteiger partial charge on any atom is -0.294 e. The molecule has 6 heteroatoms. The molecular weight excluding hydrogens is 257 g/mol. The average molecular weight is 266 g/mol. The Morgan fingerprint density at radius 1 is 1.28 bits per heavy atom. The molecule has 92 valence electrons. The van der Waals surface area contributed by atoms with Crippen LogP contribution in [-0.2, 0) is 11.2 Å². The highest BCUT2D eigenvalue weighted by Crippen LogP contribution is 2.07. The van der Waals surface area contributed by atoms with Gasteiger partial charge in [0.05, 0.1) is 6.42 Å². The molecule has 0 atom stereocenters. The zero-order valence-electron chi connectivity index (χ0n) is 9.23. The summed E-state index contributed by atoms with van der Waals surface area (Å²) < 4.78 is 12.7. The van der Waals surface area contributed by atoms with Crippen LogP contribution in [-0.4, -0.2) is 15.9 Å². The maximum Gasteiger partial charge on any atom is 0.231 e. The van der Waals surface area contributed by atoms with Gasteiger partial charge in [0.1, 0.15) is 11.0 Å². The van der Waals surface area contributed by atoms with Gasteiger partial charge in [-0.05, 0) is 23.8 Å². The SMILES string of the molecule is O=C(Cc1ccc(F)cc1)Nc1nccc(Cl)n1. The molecule has 1 amide bonds. The Hall–Kier alpha value is -2.01. The first-order valence-corrected chi connectivity index (χ1v) is 5.54. The lowest BCUT2D eigenvalue weighted by molar-refractivity contribution is -0.115. The maximum atomic E-state index is 12.7. The van der Waals surface area contributed by atoms with Crippen LogP contribution in [0.1, 0.15) is 5.56 Å². The fourth-order valence-corrected chi connectivity index (χ4v) is 1.49. The standard InChI is InChI=1S/C12H9ClFN3O/c13-10-5-6-15-12(16-10)17-11(18)7-8-1-3-9(14)4-2-8/h1-6H,7H2,(H,15,16,17,18). The molecular formula is C12H9ClFN3O. The van der Waals surface area contributed by atoms with E-state index in [4.69, 9.17) is 11.6 Å². The van der Waals surface area contributed by atoms with Crippen molar-refractivity contribution in [3.05, 3.63) is 53.1 Å². The first-order valence-electron chi connectivity index (χ1n) is 5.16. The predicted octanol–water partition coefficient (Wildman–Crippen LogP) is 2.45. The molecule has 0 aliphatic rings. The van der Waals surface area contributed by atoms with E-state index < -0.39 is 0 Å². The smallest absolute Gasteiger partial charge is 0.231 e. The van der Waals surface area contributed by atoms with Crippen molar-refractivity contribution in [3.63, 3.8) is 0 Å². The van der Waals surface area contributed by atoms with E-state index in [1.165, 1.54) is 24.4 Å². The van der Waals surface area contributed by atoms with Crippen molar-refractivity contribution in [2.24, 2.45) is 0 Å². The maximum absolute atomic E-state index is 12.7. The van der Waals surface area contributed by atoms with Gasteiger partial charge in [-0.3, -0.25) is 10.1 Å². The summed E-state index contributed by atoms with van der Waals surface area (Å²) in [5, 5.41) is 2.76. The molecule has 0 unspecified atom stereocenters. The van der Waals surface area contributed by atoms with Gasteiger partial charge in [-0.25, -0.2) is 14.4 Å². The van der Waals surface area contributed by atoms with E-state index in [-0.39, 0.29) is 29.2 Å². The first-order chi connectivity index (χ1) is 8.63. The summed E-state index contributed by atoms with van der Waals surface area (Å²) in [5.74, 6) is -0.476. The average Bonchev–Trinajstić information content (AvgIpc) is 2.32. The van der Waals surface area contributed by atoms with Crippen LogP contribution in [0.5, 0.6) is 0 Å². The number of hydrogen-bond acceptors (Lipinski definition) is 3. The molecule has 0 spiro atoms. The van der Waals surface area contributed by atoms with Crippen LogP contribution in [0.3, 0.4) is 0 Å². The first kappa shape index (κ1) is 12.4. The minimum atomic E-state index is -0.336. The fourth-order valence-electron chi connectivity index (χ4n) is 1.35. The van der Waals surface area contributed by atoms with Gasteiger partial charge in [-0.1, -0.05) is 23.7 Å². The zero-order valence-corrected chi connectivity index (χ0v) is 9.99. The van der Waals surface area contributed by atoms with Crippen molar-refractivity contribution in [2.45, 2.75) is 6.42 Å². The highest BCUT2D eigenvalue weighted by Gasteiger charge is 2.06. The van der Waals surface area contributed by atoms with E-state index >= 15 is 0 Å². The quantitative estimate of drug-likeness (QED) is 0.868. The lowest BCUT2D eigenvalue weighted by atomic mass is 10.1. The summed E-state index contributed by atoms with van der Waals surface area (Å²) in [6.07, 6.45) is 1.57. The third-order valence-corrected chi connectivity index (χ3v) is 2.36. The highest BCUT2D eigenvalue weighted by atomic mass is 35.5. The Morgan fingerprint density at radius 2 is 2.00 bits per heavy atom. The van der Waals surface area contributed by atoms with E-state index in [9.17, 15) is 9.18 Å². The van der Waals surface area contributed by atoms with Gasteiger partial charge in [0.2, 0.25) is 11.9 Å². The molecule has 2 rings (SSSR count). The second-order valence-corrected chi connectivity index (χ2v) is 3.94. The molecule has 0 bridgehead atoms. The number of carbonyl (C=O) groups is 1. The number of hydrogen-bond donors (Lipinski definition) is 1. The molecule has 0 aliphatic heterocycles. The van der Waals surface area contributed by atoms with Crippen molar-refractivity contribution < 1.29 is 9.18 Å². The number of aromatic nitrogens is 2. The normalized spacial score (nSPS) is 10.1. The molecule has 1 heterocycles. The summed E-state index contributed by atoms with van der Waals surface area (Å²) in [6.45, 7) is 0. The molecule has 18 heavy (non-hydrogen) atoms. The fraction of sp³-hybridized carbons (Fsp3) is 0.0833. The van der Waals surface area contributed by atoms with Crippen LogP contribution in [0.2, 0.25) is 5.15 Å². The number of rotatable bonds is 3. The van der Waals surface area contributed by atoms with Crippen LogP contribution in [0, 0.1) is 5.82 Å². The lowest BCUT2D eigenvalue weighted by Crippen LogP contribution is -2.16. The Labute approximate surface area is 108 Å². The van der Waals surface area contributed by atoms with Gasteiger partial charge in [0.15, 0.2) is 0 Å². The summed E-state index contributed by atoms with van der Waals surface area (Å²) in [7, 11) is 0. The van der Waals surface area contributed by atoms with Crippen molar-refractivity contribution >= 4 is 23.5 Å². The number of halogens is 2. The molecule has 0 aliphatic carbocycles.